The van der Waals surface area contributed by atoms with Gasteiger partial charge in [-0.15, -0.1) is 11.3 Å². The fourth-order valence-corrected chi connectivity index (χ4v) is 9.77. The van der Waals surface area contributed by atoms with Crippen LogP contribution in [0.1, 0.15) is 0 Å². The smallest absolute Gasteiger partial charge is 0.238 e. The fourth-order valence-electron chi connectivity index (χ4n) is 8.82. The van der Waals surface area contributed by atoms with Crippen LogP contribution in [0.15, 0.2) is 192 Å². The van der Waals surface area contributed by atoms with Gasteiger partial charge in [-0.05, 0) is 78.9 Å². The summed E-state index contributed by atoms with van der Waals surface area (Å²) in [4.78, 5) is 26.0. The fraction of sp³-hybridized carbons (Fsp3) is 0. The maximum absolute atomic E-state index is 6.39. The zero-order valence-electron chi connectivity index (χ0n) is 32.8. The van der Waals surface area contributed by atoms with Crippen molar-refractivity contribution >= 4 is 76.3 Å². The molecule has 0 saturated carbocycles. The summed E-state index contributed by atoms with van der Waals surface area (Å²) in [7, 11) is 0. The molecule has 0 aliphatic rings. The maximum atomic E-state index is 6.39. The summed E-state index contributed by atoms with van der Waals surface area (Å²) < 4.78 is 12.0. The first-order valence-corrected chi connectivity index (χ1v) is 21.2. The molecule has 8 aromatic carbocycles. The third-order valence-corrected chi connectivity index (χ3v) is 12.7. The van der Waals surface area contributed by atoms with Crippen LogP contribution in [0.2, 0.25) is 0 Å². The summed E-state index contributed by atoms with van der Waals surface area (Å²) in [5.74, 6) is 2.08. The Kier molecular flexibility index (Phi) is 7.60. The Labute approximate surface area is 357 Å². The Balaban J connectivity index is 1.09. The van der Waals surface area contributed by atoms with Crippen molar-refractivity contribution in [2.24, 2.45) is 0 Å². The van der Waals surface area contributed by atoms with Crippen LogP contribution in [0.3, 0.4) is 0 Å². The number of oxazole rings is 1. The van der Waals surface area contributed by atoms with Crippen LogP contribution in [-0.2, 0) is 0 Å². The number of fused-ring (bicyclic) bond motifs is 8. The summed E-state index contributed by atoms with van der Waals surface area (Å²) in [5, 5.41) is 5.45. The predicted octanol–water partition coefficient (Wildman–Crippen LogP) is 13.5. The van der Waals surface area contributed by atoms with Gasteiger partial charge in [0, 0.05) is 49.5 Å². The van der Waals surface area contributed by atoms with Crippen LogP contribution < -0.4 is 0 Å². The summed E-state index contributed by atoms with van der Waals surface area (Å²) in [5.41, 5.74) is 11.1. The van der Waals surface area contributed by atoms with Crippen LogP contribution in [-0.4, -0.2) is 34.1 Å². The number of para-hydroxylation sites is 7. The number of benzene rings is 8. The molecule has 0 fully saturated rings. The highest BCUT2D eigenvalue weighted by Crippen LogP contribution is 2.39. The average Bonchev–Trinajstić information content (AvgIpc) is 4.12. The number of nitrogens with zero attached hydrogens (tertiary/aromatic N) is 7. The van der Waals surface area contributed by atoms with Crippen LogP contribution in [0.25, 0.3) is 121 Å². The van der Waals surface area contributed by atoms with Gasteiger partial charge in [-0.2, -0.15) is 9.97 Å². The van der Waals surface area contributed by atoms with Crippen molar-refractivity contribution in [1.29, 1.82) is 0 Å². The first kappa shape index (κ1) is 34.6. The van der Waals surface area contributed by atoms with E-state index < -0.39 is 0 Å². The number of thiazole rings is 1. The lowest BCUT2D eigenvalue weighted by Crippen LogP contribution is -2.06. The van der Waals surface area contributed by atoms with Crippen molar-refractivity contribution in [1.82, 2.24) is 34.1 Å². The molecule has 0 aliphatic heterocycles. The lowest BCUT2D eigenvalue weighted by Gasteiger charge is -2.13. The summed E-state index contributed by atoms with van der Waals surface area (Å²) >= 11 is 1.65. The van der Waals surface area contributed by atoms with Crippen molar-refractivity contribution in [2.45, 2.75) is 0 Å². The Morgan fingerprint density at radius 1 is 0.387 bits per heavy atom. The van der Waals surface area contributed by atoms with Crippen molar-refractivity contribution in [3.63, 3.8) is 0 Å². The highest BCUT2D eigenvalue weighted by molar-refractivity contribution is 7.21. The van der Waals surface area contributed by atoms with E-state index in [1.54, 1.807) is 11.3 Å². The van der Waals surface area contributed by atoms with E-state index in [2.05, 4.69) is 149 Å². The van der Waals surface area contributed by atoms with E-state index in [1.807, 2.05) is 48.5 Å². The molecule has 0 radical (unpaired) electrons. The van der Waals surface area contributed by atoms with Crippen LogP contribution in [0.5, 0.6) is 0 Å². The van der Waals surface area contributed by atoms with Crippen molar-refractivity contribution in [3.8, 4) is 56.4 Å². The Bertz CT molecular complexity index is 3690. The van der Waals surface area contributed by atoms with Crippen molar-refractivity contribution in [3.05, 3.63) is 188 Å². The molecule has 5 aromatic heterocycles. The molecule has 0 amide bonds. The lowest BCUT2D eigenvalue weighted by molar-refractivity contribution is 0.620. The molecule has 290 valence electrons. The number of hydrogen-bond donors (Lipinski definition) is 0. The third-order valence-electron chi connectivity index (χ3n) is 11.6. The minimum Gasteiger partial charge on any atom is -0.436 e. The van der Waals surface area contributed by atoms with Gasteiger partial charge in [0.2, 0.25) is 11.8 Å². The molecule has 8 nitrogen and oxygen atoms in total. The second kappa shape index (κ2) is 13.6. The number of hydrogen-bond acceptors (Lipinski definition) is 7. The predicted molar refractivity (Wildman–Crippen MR) is 251 cm³/mol. The summed E-state index contributed by atoms with van der Waals surface area (Å²) in [6, 6.07) is 64.7. The molecule has 5 heterocycles. The average molecular weight is 814 g/mol. The van der Waals surface area contributed by atoms with E-state index in [4.69, 9.17) is 29.3 Å². The van der Waals surface area contributed by atoms with Gasteiger partial charge in [0.15, 0.2) is 17.2 Å². The largest absolute Gasteiger partial charge is 0.436 e. The van der Waals surface area contributed by atoms with Gasteiger partial charge < -0.3 is 8.98 Å². The van der Waals surface area contributed by atoms with Gasteiger partial charge in [-0.3, -0.25) is 4.57 Å². The molecule has 0 atom stereocenters. The molecule has 0 bridgehead atoms. The molecule has 0 N–H and O–H groups in total. The van der Waals surface area contributed by atoms with E-state index in [0.717, 1.165) is 86.9 Å². The Hall–Kier alpha value is -8.27. The second-order valence-electron chi connectivity index (χ2n) is 15.3. The molecule has 62 heavy (non-hydrogen) atoms. The van der Waals surface area contributed by atoms with Gasteiger partial charge in [-0.1, -0.05) is 109 Å². The van der Waals surface area contributed by atoms with Gasteiger partial charge in [0.25, 0.3) is 0 Å². The molecule has 9 heteroatoms. The van der Waals surface area contributed by atoms with E-state index in [1.165, 1.54) is 5.39 Å². The molecule has 0 spiro atoms. The van der Waals surface area contributed by atoms with E-state index >= 15 is 0 Å². The van der Waals surface area contributed by atoms with Gasteiger partial charge in [0.1, 0.15) is 10.5 Å². The normalized spacial score (nSPS) is 11.9. The van der Waals surface area contributed by atoms with Gasteiger partial charge >= 0.3 is 0 Å². The maximum Gasteiger partial charge on any atom is 0.238 e. The zero-order valence-corrected chi connectivity index (χ0v) is 33.7. The van der Waals surface area contributed by atoms with E-state index in [0.29, 0.717) is 29.1 Å². The van der Waals surface area contributed by atoms with Crippen LogP contribution >= 0.6 is 11.3 Å². The number of rotatable bonds is 6. The minimum atomic E-state index is 0.506. The van der Waals surface area contributed by atoms with Gasteiger partial charge in [0.05, 0.1) is 32.3 Å². The van der Waals surface area contributed by atoms with Crippen molar-refractivity contribution in [2.75, 3.05) is 0 Å². The van der Waals surface area contributed by atoms with E-state index in [-0.39, 0.29) is 0 Å². The highest BCUT2D eigenvalue weighted by Gasteiger charge is 2.21. The first-order chi connectivity index (χ1) is 30.7. The number of aromatic nitrogens is 7. The Morgan fingerprint density at radius 3 is 1.69 bits per heavy atom. The van der Waals surface area contributed by atoms with Crippen LogP contribution in [0.4, 0.5) is 0 Å². The first-order valence-electron chi connectivity index (χ1n) is 20.4. The quantitative estimate of drug-likeness (QED) is 0.166. The monoisotopic (exact) mass is 813 g/mol. The molecule has 0 aliphatic carbocycles. The van der Waals surface area contributed by atoms with Crippen molar-refractivity contribution < 1.29 is 4.42 Å². The molecule has 0 unspecified atom stereocenters. The van der Waals surface area contributed by atoms with Gasteiger partial charge in [-0.25, -0.2) is 15.0 Å². The summed E-state index contributed by atoms with van der Waals surface area (Å²) in [6.45, 7) is 0. The Morgan fingerprint density at radius 2 is 0.968 bits per heavy atom. The molecule has 13 aromatic rings. The molecule has 13 rings (SSSR count). The lowest BCUT2D eigenvalue weighted by atomic mass is 10.0. The van der Waals surface area contributed by atoms with Crippen LogP contribution in [0, 0.1) is 0 Å². The second-order valence-corrected chi connectivity index (χ2v) is 16.4. The summed E-state index contributed by atoms with van der Waals surface area (Å²) in [6.07, 6.45) is 0. The minimum absolute atomic E-state index is 0.506. The highest BCUT2D eigenvalue weighted by atomic mass is 32.1. The third kappa shape index (κ3) is 5.49. The molecular weight excluding hydrogens is 783 g/mol. The molecular formula is C53H31N7OS. The van der Waals surface area contributed by atoms with E-state index in [9.17, 15) is 0 Å². The molecule has 0 saturated heterocycles. The standard InChI is InChI=1S/C53H31N7OS/c1-2-14-36(15-3-1)59-43-21-9-4-18-39(43)40-27-26-32(31-46(40)59)49-56-50(58-53(57-49)60-44-22-10-5-16-37(44)38-17-6-11-23-45(38)60)33-28-34(51-54-41-19-7-12-24-47(41)61-51)30-35(29-33)52-55-42-20-8-13-25-48(42)62-52/h1-31H. The zero-order chi connectivity index (χ0) is 40.7. The topological polar surface area (TPSA) is 87.5 Å². The SMILES string of the molecule is c1ccc(-n2c3ccccc3c3ccc(-c4nc(-c5cc(-c6nc7ccccc7o6)cc(-c6nc7ccccc7s6)c5)nc(-n5c6ccccc6c6ccccc65)n4)cc32)cc1.